The minimum atomic E-state index is -0.480. The molecule has 0 aliphatic carbocycles. The van der Waals surface area contributed by atoms with E-state index in [-0.39, 0.29) is 12.4 Å². The molecule has 0 radical (unpaired) electrons. The van der Waals surface area contributed by atoms with Gasteiger partial charge in [0, 0.05) is 10.0 Å². The van der Waals surface area contributed by atoms with E-state index in [0.29, 0.717) is 11.1 Å². The summed E-state index contributed by atoms with van der Waals surface area (Å²) >= 11 is 3.30. The van der Waals surface area contributed by atoms with Crippen LogP contribution in [0.1, 0.15) is 26.3 Å². The largest absolute Gasteiger partial charge is 0.454 e. The highest BCUT2D eigenvalue weighted by Crippen LogP contribution is 2.13. The van der Waals surface area contributed by atoms with Gasteiger partial charge in [0.1, 0.15) is 0 Å². The van der Waals surface area contributed by atoms with Gasteiger partial charge in [0.15, 0.2) is 12.4 Å². The van der Waals surface area contributed by atoms with Gasteiger partial charge >= 0.3 is 5.97 Å². The average molecular weight is 333 g/mol. The Morgan fingerprint density at radius 2 is 1.85 bits per heavy atom. The molecule has 0 aliphatic rings. The smallest absolute Gasteiger partial charge is 0.338 e. The van der Waals surface area contributed by atoms with Gasteiger partial charge in [-0.2, -0.15) is 0 Å². The zero-order valence-corrected chi connectivity index (χ0v) is 12.5. The molecule has 0 saturated carbocycles. The van der Waals surface area contributed by atoms with Crippen molar-refractivity contribution in [3.05, 3.63) is 69.7 Å². The van der Waals surface area contributed by atoms with E-state index in [1.165, 1.54) is 0 Å². The van der Waals surface area contributed by atoms with Crippen LogP contribution in [0.15, 0.2) is 53.0 Å². The number of Topliss-reactive ketones (excluding diaryl/α,β-unsaturated/α-hetero) is 1. The lowest BCUT2D eigenvalue weighted by Gasteiger charge is -2.06. The summed E-state index contributed by atoms with van der Waals surface area (Å²) in [4.78, 5) is 23.8. The second-order valence-corrected chi connectivity index (χ2v) is 5.24. The van der Waals surface area contributed by atoms with Crippen LogP contribution in [0, 0.1) is 6.92 Å². The van der Waals surface area contributed by atoms with Gasteiger partial charge in [-0.15, -0.1) is 0 Å². The van der Waals surface area contributed by atoms with E-state index in [0.717, 1.165) is 10.0 Å². The van der Waals surface area contributed by atoms with Crippen LogP contribution in [0.4, 0.5) is 0 Å². The molecule has 0 saturated heterocycles. The van der Waals surface area contributed by atoms with Crippen molar-refractivity contribution in [2.45, 2.75) is 6.92 Å². The van der Waals surface area contributed by atoms with Gasteiger partial charge < -0.3 is 4.74 Å². The summed E-state index contributed by atoms with van der Waals surface area (Å²) in [5.41, 5.74) is 1.82. The lowest BCUT2D eigenvalue weighted by Crippen LogP contribution is -2.15. The number of aryl methyl sites for hydroxylation is 1. The molecular weight excluding hydrogens is 320 g/mol. The van der Waals surface area contributed by atoms with Crippen molar-refractivity contribution in [3.63, 3.8) is 0 Å². The normalized spacial score (nSPS) is 10.1. The van der Waals surface area contributed by atoms with Crippen LogP contribution in [-0.4, -0.2) is 18.4 Å². The van der Waals surface area contributed by atoms with Crippen LogP contribution in [0.3, 0.4) is 0 Å². The Balaban J connectivity index is 2.01. The van der Waals surface area contributed by atoms with Crippen LogP contribution in [0.25, 0.3) is 0 Å². The van der Waals surface area contributed by atoms with Crippen molar-refractivity contribution in [2.75, 3.05) is 6.61 Å². The first-order valence-corrected chi connectivity index (χ1v) is 6.89. The number of ketones is 1. The maximum Gasteiger partial charge on any atom is 0.338 e. The number of rotatable bonds is 4. The zero-order valence-electron chi connectivity index (χ0n) is 10.9. The molecule has 2 rings (SSSR count). The SMILES string of the molecule is Cc1ccccc1C(=O)OCC(=O)c1cccc(Br)c1. The third kappa shape index (κ3) is 3.54. The summed E-state index contributed by atoms with van der Waals surface area (Å²) < 4.78 is 5.87. The van der Waals surface area contributed by atoms with Gasteiger partial charge in [0.25, 0.3) is 0 Å². The maximum atomic E-state index is 11.9. The van der Waals surface area contributed by atoms with Crippen molar-refractivity contribution in [2.24, 2.45) is 0 Å². The molecule has 0 heterocycles. The Labute approximate surface area is 125 Å². The fourth-order valence-corrected chi connectivity index (χ4v) is 2.16. The predicted octanol–water partition coefficient (Wildman–Crippen LogP) is 3.80. The molecule has 3 nitrogen and oxygen atoms in total. The molecule has 0 aliphatic heterocycles. The molecule has 20 heavy (non-hydrogen) atoms. The molecule has 0 atom stereocenters. The topological polar surface area (TPSA) is 43.4 Å². The third-order valence-corrected chi connectivity index (χ3v) is 3.34. The number of carbonyl (C=O) groups is 2. The highest BCUT2D eigenvalue weighted by Gasteiger charge is 2.13. The number of benzene rings is 2. The first kappa shape index (κ1) is 14.5. The summed E-state index contributed by atoms with van der Waals surface area (Å²) in [6.45, 7) is 1.57. The fourth-order valence-electron chi connectivity index (χ4n) is 1.76. The summed E-state index contributed by atoms with van der Waals surface area (Å²) in [6.07, 6.45) is 0. The van der Waals surface area contributed by atoms with E-state index in [1.807, 2.05) is 25.1 Å². The van der Waals surface area contributed by atoms with Crippen molar-refractivity contribution >= 4 is 27.7 Å². The Morgan fingerprint density at radius 3 is 2.55 bits per heavy atom. The lowest BCUT2D eigenvalue weighted by atomic mass is 10.1. The zero-order chi connectivity index (χ0) is 14.5. The number of halogens is 1. The van der Waals surface area contributed by atoms with Crippen LogP contribution in [0.5, 0.6) is 0 Å². The first-order valence-electron chi connectivity index (χ1n) is 6.09. The van der Waals surface area contributed by atoms with Crippen LogP contribution in [-0.2, 0) is 4.74 Å². The van der Waals surface area contributed by atoms with E-state index >= 15 is 0 Å². The second kappa shape index (κ2) is 6.48. The molecule has 102 valence electrons. The number of carbonyl (C=O) groups excluding carboxylic acids is 2. The first-order chi connectivity index (χ1) is 9.58. The standard InChI is InChI=1S/C16H13BrO3/c1-11-5-2-3-8-14(11)16(19)20-10-15(18)12-6-4-7-13(17)9-12/h2-9H,10H2,1H3. The molecule has 0 bridgehead atoms. The third-order valence-electron chi connectivity index (χ3n) is 2.85. The van der Waals surface area contributed by atoms with Gasteiger partial charge in [-0.05, 0) is 30.7 Å². The lowest BCUT2D eigenvalue weighted by molar-refractivity contribution is 0.0474. The van der Waals surface area contributed by atoms with Crippen molar-refractivity contribution in [1.29, 1.82) is 0 Å². The molecule has 0 N–H and O–H groups in total. The number of ether oxygens (including phenoxy) is 1. The van der Waals surface area contributed by atoms with E-state index in [1.54, 1.807) is 30.3 Å². The molecule has 2 aromatic rings. The monoisotopic (exact) mass is 332 g/mol. The van der Waals surface area contributed by atoms with Crippen LogP contribution in [0.2, 0.25) is 0 Å². The van der Waals surface area contributed by atoms with E-state index in [4.69, 9.17) is 4.74 Å². The minimum absolute atomic E-state index is 0.228. The molecule has 0 spiro atoms. The Hall–Kier alpha value is -1.94. The Morgan fingerprint density at radius 1 is 1.10 bits per heavy atom. The average Bonchev–Trinajstić information content (AvgIpc) is 2.45. The summed E-state index contributed by atoms with van der Waals surface area (Å²) in [5.74, 6) is -0.709. The molecule has 2 aromatic carbocycles. The maximum absolute atomic E-state index is 11.9. The molecule has 4 heteroatoms. The highest BCUT2D eigenvalue weighted by molar-refractivity contribution is 9.10. The van der Waals surface area contributed by atoms with E-state index in [9.17, 15) is 9.59 Å². The van der Waals surface area contributed by atoms with Crippen molar-refractivity contribution in [3.8, 4) is 0 Å². The Kier molecular flexibility index (Phi) is 4.69. The molecule has 0 aromatic heterocycles. The van der Waals surface area contributed by atoms with Gasteiger partial charge in [-0.1, -0.05) is 46.3 Å². The molecule has 0 fully saturated rings. The summed E-state index contributed by atoms with van der Waals surface area (Å²) in [5, 5.41) is 0. The summed E-state index contributed by atoms with van der Waals surface area (Å²) in [6, 6.07) is 14.1. The van der Waals surface area contributed by atoms with Crippen molar-refractivity contribution < 1.29 is 14.3 Å². The van der Waals surface area contributed by atoms with E-state index < -0.39 is 5.97 Å². The van der Waals surface area contributed by atoms with Crippen molar-refractivity contribution in [1.82, 2.24) is 0 Å². The predicted molar refractivity (Wildman–Crippen MR) is 79.9 cm³/mol. The van der Waals surface area contributed by atoms with Crippen LogP contribution < -0.4 is 0 Å². The van der Waals surface area contributed by atoms with E-state index in [2.05, 4.69) is 15.9 Å². The molecular formula is C16H13BrO3. The Bertz CT molecular complexity index is 650. The molecule has 0 amide bonds. The number of hydrogen-bond donors (Lipinski definition) is 0. The van der Waals surface area contributed by atoms with Crippen LogP contribution >= 0.6 is 15.9 Å². The fraction of sp³-hybridized carbons (Fsp3) is 0.125. The van der Waals surface area contributed by atoms with Gasteiger partial charge in [-0.3, -0.25) is 4.79 Å². The second-order valence-electron chi connectivity index (χ2n) is 4.32. The molecule has 0 unspecified atom stereocenters. The number of esters is 1. The van der Waals surface area contributed by atoms with Gasteiger partial charge in [-0.25, -0.2) is 4.79 Å². The quantitative estimate of drug-likeness (QED) is 0.631. The highest BCUT2D eigenvalue weighted by atomic mass is 79.9. The van der Waals surface area contributed by atoms with Gasteiger partial charge in [0.2, 0.25) is 0 Å². The number of hydrogen-bond acceptors (Lipinski definition) is 3. The minimum Gasteiger partial charge on any atom is -0.454 e. The summed E-state index contributed by atoms with van der Waals surface area (Å²) in [7, 11) is 0. The van der Waals surface area contributed by atoms with Gasteiger partial charge in [0.05, 0.1) is 5.56 Å².